The summed E-state index contributed by atoms with van der Waals surface area (Å²) < 4.78 is 18.7. The summed E-state index contributed by atoms with van der Waals surface area (Å²) >= 11 is 3.11. The maximum absolute atomic E-state index is 13.4. The molecular formula is C10H9BrFNO2. The van der Waals surface area contributed by atoms with E-state index in [9.17, 15) is 9.50 Å². The number of hydrogen-bond donors (Lipinski definition) is 1. The number of nitrogens with zero attached hydrogens (tertiary/aromatic N) is 1. The van der Waals surface area contributed by atoms with E-state index in [1.54, 1.807) is 0 Å². The van der Waals surface area contributed by atoms with Crippen LogP contribution in [0.1, 0.15) is 18.1 Å². The lowest BCUT2D eigenvalue weighted by Crippen LogP contribution is -2.02. The minimum atomic E-state index is -1.04. The highest BCUT2D eigenvalue weighted by molar-refractivity contribution is 9.10. The molecule has 0 aliphatic carbocycles. The van der Waals surface area contributed by atoms with Crippen molar-refractivity contribution >= 4 is 15.9 Å². The SMILES string of the molecule is COc1c(F)cc(Br)cc1C(O)CC#N. The first-order valence-corrected chi connectivity index (χ1v) is 4.97. The van der Waals surface area contributed by atoms with Crippen molar-refractivity contribution in [3.05, 3.63) is 28.0 Å². The van der Waals surface area contributed by atoms with Gasteiger partial charge in [0.2, 0.25) is 0 Å². The fourth-order valence-corrected chi connectivity index (χ4v) is 1.69. The number of aliphatic hydroxyl groups excluding tert-OH is 1. The molecule has 0 aliphatic rings. The fourth-order valence-electron chi connectivity index (χ4n) is 1.24. The van der Waals surface area contributed by atoms with Crippen LogP contribution in [0.15, 0.2) is 16.6 Å². The zero-order valence-electron chi connectivity index (χ0n) is 8.00. The van der Waals surface area contributed by atoms with E-state index in [1.807, 2.05) is 6.07 Å². The summed E-state index contributed by atoms with van der Waals surface area (Å²) in [5.41, 5.74) is 0.269. The molecule has 0 aliphatic heterocycles. The van der Waals surface area contributed by atoms with E-state index < -0.39 is 11.9 Å². The molecule has 0 bridgehead atoms. The number of hydrogen-bond acceptors (Lipinski definition) is 3. The van der Waals surface area contributed by atoms with E-state index in [-0.39, 0.29) is 17.7 Å². The van der Waals surface area contributed by atoms with E-state index >= 15 is 0 Å². The van der Waals surface area contributed by atoms with Gasteiger partial charge in [-0.1, -0.05) is 15.9 Å². The van der Waals surface area contributed by atoms with Gasteiger partial charge in [0, 0.05) is 10.0 Å². The Hall–Kier alpha value is -1.12. The van der Waals surface area contributed by atoms with Crippen LogP contribution in [0, 0.1) is 17.1 Å². The lowest BCUT2D eigenvalue weighted by atomic mass is 10.1. The van der Waals surface area contributed by atoms with E-state index in [2.05, 4.69) is 15.9 Å². The molecule has 0 aromatic heterocycles. The molecule has 1 unspecified atom stereocenters. The molecule has 0 amide bonds. The molecule has 0 spiro atoms. The van der Waals surface area contributed by atoms with Crippen LogP contribution in [0.2, 0.25) is 0 Å². The highest BCUT2D eigenvalue weighted by Gasteiger charge is 2.17. The maximum Gasteiger partial charge on any atom is 0.166 e. The van der Waals surface area contributed by atoms with Gasteiger partial charge < -0.3 is 9.84 Å². The minimum absolute atomic E-state index is 0.0269. The molecule has 3 nitrogen and oxygen atoms in total. The second-order valence-electron chi connectivity index (χ2n) is 2.89. The van der Waals surface area contributed by atoms with Crippen LogP contribution in [-0.4, -0.2) is 12.2 Å². The van der Waals surface area contributed by atoms with Gasteiger partial charge in [0.1, 0.15) is 0 Å². The Balaban J connectivity index is 3.20. The highest BCUT2D eigenvalue weighted by atomic mass is 79.9. The van der Waals surface area contributed by atoms with Crippen molar-refractivity contribution in [2.45, 2.75) is 12.5 Å². The number of rotatable bonds is 3. The molecule has 1 aromatic carbocycles. The predicted octanol–water partition coefficient (Wildman–Crippen LogP) is 2.54. The molecule has 1 atom stereocenters. The molecular weight excluding hydrogens is 265 g/mol. The monoisotopic (exact) mass is 273 g/mol. The van der Waals surface area contributed by atoms with Crippen LogP contribution in [0.25, 0.3) is 0 Å². The second-order valence-corrected chi connectivity index (χ2v) is 3.80. The first kappa shape index (κ1) is 12.0. The molecule has 80 valence electrons. The first-order valence-electron chi connectivity index (χ1n) is 4.18. The fraction of sp³-hybridized carbons (Fsp3) is 0.300. The summed E-state index contributed by atoms with van der Waals surface area (Å²) in [4.78, 5) is 0. The van der Waals surface area contributed by atoms with Crippen LogP contribution in [0.3, 0.4) is 0 Å². The van der Waals surface area contributed by atoms with Crippen molar-refractivity contribution in [3.8, 4) is 11.8 Å². The van der Waals surface area contributed by atoms with Crippen LogP contribution >= 0.6 is 15.9 Å². The van der Waals surface area contributed by atoms with Crippen molar-refractivity contribution in [1.82, 2.24) is 0 Å². The van der Waals surface area contributed by atoms with E-state index in [0.717, 1.165) is 0 Å². The normalized spacial score (nSPS) is 11.9. The predicted molar refractivity (Wildman–Crippen MR) is 55.8 cm³/mol. The van der Waals surface area contributed by atoms with E-state index in [0.29, 0.717) is 4.47 Å². The molecule has 5 heteroatoms. The highest BCUT2D eigenvalue weighted by Crippen LogP contribution is 2.32. The first-order chi connectivity index (χ1) is 7.10. The molecule has 1 rings (SSSR count). The van der Waals surface area contributed by atoms with E-state index in [1.165, 1.54) is 19.2 Å². The topological polar surface area (TPSA) is 53.2 Å². The Kier molecular flexibility index (Phi) is 4.06. The van der Waals surface area contributed by atoms with E-state index in [4.69, 9.17) is 10.00 Å². The van der Waals surface area contributed by atoms with Crippen LogP contribution in [-0.2, 0) is 0 Å². The molecule has 0 fully saturated rings. The largest absolute Gasteiger partial charge is 0.493 e. The Morgan fingerprint density at radius 3 is 2.87 bits per heavy atom. The number of benzene rings is 1. The van der Waals surface area contributed by atoms with Crippen molar-refractivity contribution in [3.63, 3.8) is 0 Å². The molecule has 0 saturated heterocycles. The molecule has 1 aromatic rings. The number of halogens is 2. The Labute approximate surface area is 95.2 Å². The summed E-state index contributed by atoms with van der Waals surface area (Å²) in [5, 5.41) is 18.0. The summed E-state index contributed by atoms with van der Waals surface area (Å²) in [6, 6.07) is 4.58. The average molecular weight is 274 g/mol. The van der Waals surface area contributed by atoms with Gasteiger partial charge in [0.05, 0.1) is 25.7 Å². The number of methoxy groups -OCH3 is 1. The molecule has 0 radical (unpaired) electrons. The van der Waals surface area contributed by atoms with Gasteiger partial charge in [-0.2, -0.15) is 5.26 Å². The lowest BCUT2D eigenvalue weighted by molar-refractivity contribution is 0.177. The Morgan fingerprint density at radius 1 is 1.67 bits per heavy atom. The number of ether oxygens (including phenoxy) is 1. The van der Waals surface area contributed by atoms with Crippen LogP contribution < -0.4 is 4.74 Å². The number of aliphatic hydroxyl groups is 1. The summed E-state index contributed by atoms with van der Waals surface area (Å²) in [5.74, 6) is -0.597. The van der Waals surface area contributed by atoms with Gasteiger partial charge in [-0.25, -0.2) is 4.39 Å². The third kappa shape index (κ3) is 2.67. The van der Waals surface area contributed by atoms with Gasteiger partial charge in [-0.15, -0.1) is 0 Å². The standard InChI is InChI=1S/C10H9BrFNO2/c1-15-10-7(9(14)2-3-13)4-6(11)5-8(10)12/h4-5,9,14H,2H2,1H3. The average Bonchev–Trinajstić information content (AvgIpc) is 2.17. The van der Waals surface area contributed by atoms with Gasteiger partial charge in [0.15, 0.2) is 11.6 Å². The van der Waals surface area contributed by atoms with Crippen molar-refractivity contribution in [1.29, 1.82) is 5.26 Å². The summed E-state index contributed by atoms with van der Waals surface area (Å²) in [6.45, 7) is 0. The van der Waals surface area contributed by atoms with Crippen LogP contribution in [0.4, 0.5) is 4.39 Å². The summed E-state index contributed by atoms with van der Waals surface area (Å²) in [6.07, 6.45) is -1.15. The van der Waals surface area contributed by atoms with Gasteiger partial charge in [-0.3, -0.25) is 0 Å². The van der Waals surface area contributed by atoms with Crippen molar-refractivity contribution < 1.29 is 14.2 Å². The third-order valence-electron chi connectivity index (χ3n) is 1.88. The number of nitriles is 1. The third-order valence-corrected chi connectivity index (χ3v) is 2.34. The van der Waals surface area contributed by atoms with Gasteiger partial charge in [0.25, 0.3) is 0 Å². The maximum atomic E-state index is 13.4. The van der Waals surface area contributed by atoms with Crippen molar-refractivity contribution in [2.75, 3.05) is 7.11 Å². The zero-order valence-corrected chi connectivity index (χ0v) is 9.58. The smallest absolute Gasteiger partial charge is 0.166 e. The quantitative estimate of drug-likeness (QED) is 0.921. The van der Waals surface area contributed by atoms with Crippen molar-refractivity contribution in [2.24, 2.45) is 0 Å². The Morgan fingerprint density at radius 2 is 2.33 bits per heavy atom. The second kappa shape index (κ2) is 5.10. The molecule has 1 N–H and O–H groups in total. The molecule has 0 saturated carbocycles. The Bertz CT molecular complexity index is 403. The van der Waals surface area contributed by atoms with Crippen LogP contribution in [0.5, 0.6) is 5.75 Å². The molecule has 15 heavy (non-hydrogen) atoms. The minimum Gasteiger partial charge on any atom is -0.493 e. The van der Waals surface area contributed by atoms with Gasteiger partial charge >= 0.3 is 0 Å². The van der Waals surface area contributed by atoms with Gasteiger partial charge in [-0.05, 0) is 12.1 Å². The lowest BCUT2D eigenvalue weighted by Gasteiger charge is -2.13. The zero-order chi connectivity index (χ0) is 11.4. The molecule has 0 heterocycles. The summed E-state index contributed by atoms with van der Waals surface area (Å²) in [7, 11) is 1.31.